The monoisotopic (exact) mass is 313 g/mol. The fourth-order valence-electron chi connectivity index (χ4n) is 2.18. The van der Waals surface area contributed by atoms with E-state index in [1.165, 1.54) is 0 Å². The summed E-state index contributed by atoms with van der Waals surface area (Å²) < 4.78 is 10.0. The van der Waals surface area contributed by atoms with Crippen molar-refractivity contribution in [3.8, 4) is 0 Å². The molecule has 0 aliphatic rings. The van der Waals surface area contributed by atoms with Gasteiger partial charge in [0.05, 0.1) is 23.0 Å². The lowest BCUT2D eigenvalue weighted by atomic mass is 10.2. The molecule has 118 valence electrons. The number of hydrogen-bond acceptors (Lipinski definition) is 6. The Morgan fingerprint density at radius 1 is 1.35 bits per heavy atom. The Bertz CT molecular complexity index is 897. The highest BCUT2D eigenvalue weighted by Crippen LogP contribution is 2.08. The normalized spacial score (nSPS) is 10.8. The number of ether oxygens (including phenoxy) is 1. The number of carbonyl (C=O) groups is 1. The van der Waals surface area contributed by atoms with Gasteiger partial charge < -0.3 is 14.2 Å². The van der Waals surface area contributed by atoms with Crippen molar-refractivity contribution in [3.63, 3.8) is 0 Å². The first kappa shape index (κ1) is 15.0. The number of carbonyl (C=O) groups excluding carboxylic acids is 1. The van der Waals surface area contributed by atoms with E-state index in [0.717, 1.165) is 5.69 Å². The molecule has 0 amide bonds. The van der Waals surface area contributed by atoms with Gasteiger partial charge >= 0.3 is 5.97 Å². The van der Waals surface area contributed by atoms with Crippen molar-refractivity contribution >= 4 is 16.9 Å². The molecule has 0 atom stereocenters. The first-order valence-corrected chi connectivity index (χ1v) is 7.17. The quantitative estimate of drug-likeness (QED) is 0.722. The maximum absolute atomic E-state index is 11.9. The van der Waals surface area contributed by atoms with E-state index in [-0.39, 0.29) is 18.6 Å². The van der Waals surface area contributed by atoms with E-state index in [2.05, 4.69) is 15.1 Å². The average molecular weight is 313 g/mol. The molecule has 0 bridgehead atoms. The summed E-state index contributed by atoms with van der Waals surface area (Å²) in [5, 5.41) is 4.24. The van der Waals surface area contributed by atoms with E-state index in [0.29, 0.717) is 28.9 Å². The van der Waals surface area contributed by atoms with E-state index in [1.54, 1.807) is 31.2 Å². The zero-order valence-electron chi connectivity index (χ0n) is 12.5. The van der Waals surface area contributed by atoms with Crippen LogP contribution in [0.3, 0.4) is 0 Å². The van der Waals surface area contributed by atoms with Gasteiger partial charge in [0.25, 0.3) is 5.56 Å². The topological polar surface area (TPSA) is 98.1 Å². The van der Waals surface area contributed by atoms with Crippen molar-refractivity contribution in [3.05, 3.63) is 58.0 Å². The number of aromatic amines is 1. The molecular weight excluding hydrogens is 298 g/mol. The molecule has 2 aromatic heterocycles. The number of H-pyrrole nitrogens is 1. The molecule has 0 unspecified atom stereocenters. The Morgan fingerprint density at radius 3 is 2.96 bits per heavy atom. The second-order valence-corrected chi connectivity index (χ2v) is 5.13. The minimum absolute atomic E-state index is 0.0430. The van der Waals surface area contributed by atoms with Crippen molar-refractivity contribution in [1.29, 1.82) is 0 Å². The van der Waals surface area contributed by atoms with Crippen LogP contribution in [0, 0.1) is 6.92 Å². The first-order valence-electron chi connectivity index (χ1n) is 7.17. The Morgan fingerprint density at radius 2 is 2.17 bits per heavy atom. The number of aryl methyl sites for hydroxylation is 2. The molecule has 2 heterocycles. The number of rotatable bonds is 5. The Kier molecular flexibility index (Phi) is 4.18. The average Bonchev–Trinajstić information content (AvgIpc) is 2.96. The second kappa shape index (κ2) is 6.43. The SMILES string of the molecule is Cc1cc(COC(=O)CCc2nc3ccccc3c(=O)[nH]2)on1. The van der Waals surface area contributed by atoms with Gasteiger partial charge in [-0.1, -0.05) is 17.3 Å². The molecule has 0 fully saturated rings. The van der Waals surface area contributed by atoms with Crippen LogP contribution in [0.15, 0.2) is 39.6 Å². The fraction of sp³-hybridized carbons (Fsp3) is 0.250. The van der Waals surface area contributed by atoms with E-state index in [9.17, 15) is 9.59 Å². The van der Waals surface area contributed by atoms with Gasteiger partial charge in [-0.25, -0.2) is 4.98 Å². The summed E-state index contributed by atoms with van der Waals surface area (Å²) in [7, 11) is 0. The number of hydrogen-bond donors (Lipinski definition) is 1. The summed E-state index contributed by atoms with van der Waals surface area (Å²) in [5.74, 6) is 0.559. The second-order valence-electron chi connectivity index (χ2n) is 5.13. The van der Waals surface area contributed by atoms with Crippen molar-refractivity contribution in [1.82, 2.24) is 15.1 Å². The maximum Gasteiger partial charge on any atom is 0.306 e. The molecule has 7 nitrogen and oxygen atoms in total. The van der Waals surface area contributed by atoms with Gasteiger partial charge in [-0.05, 0) is 19.1 Å². The Hall–Kier alpha value is -2.96. The van der Waals surface area contributed by atoms with E-state index >= 15 is 0 Å². The maximum atomic E-state index is 11.9. The molecule has 0 aliphatic carbocycles. The zero-order valence-corrected chi connectivity index (χ0v) is 12.5. The molecule has 3 aromatic rings. The molecule has 3 rings (SSSR count). The lowest BCUT2D eigenvalue weighted by Crippen LogP contribution is -2.13. The highest BCUT2D eigenvalue weighted by Gasteiger charge is 2.09. The van der Waals surface area contributed by atoms with Crippen molar-refractivity contribution in [2.45, 2.75) is 26.4 Å². The third-order valence-corrected chi connectivity index (χ3v) is 3.28. The van der Waals surface area contributed by atoms with Gasteiger partial charge in [0.1, 0.15) is 5.82 Å². The van der Waals surface area contributed by atoms with Gasteiger partial charge in [-0.3, -0.25) is 9.59 Å². The molecular formula is C16H15N3O4. The molecule has 1 aromatic carbocycles. The standard InChI is InChI=1S/C16H15N3O4/c1-10-8-11(23-19-10)9-22-15(20)7-6-14-17-13-5-3-2-4-12(13)16(21)18-14/h2-5,8H,6-7,9H2,1H3,(H,17,18,21). The van der Waals surface area contributed by atoms with Gasteiger partial charge in [0, 0.05) is 12.5 Å². The van der Waals surface area contributed by atoms with E-state index < -0.39 is 5.97 Å². The Labute approximate surface area is 131 Å². The van der Waals surface area contributed by atoms with Crippen LogP contribution in [-0.4, -0.2) is 21.1 Å². The van der Waals surface area contributed by atoms with Crippen LogP contribution in [0.2, 0.25) is 0 Å². The summed E-state index contributed by atoms with van der Waals surface area (Å²) in [6.07, 6.45) is 0.419. The lowest BCUT2D eigenvalue weighted by molar-refractivity contribution is -0.145. The highest BCUT2D eigenvalue weighted by atomic mass is 16.5. The summed E-state index contributed by atoms with van der Waals surface area (Å²) in [5.41, 5.74) is 1.13. The minimum atomic E-state index is -0.394. The lowest BCUT2D eigenvalue weighted by Gasteiger charge is -2.04. The highest BCUT2D eigenvalue weighted by molar-refractivity contribution is 5.77. The van der Waals surface area contributed by atoms with Crippen LogP contribution in [0.1, 0.15) is 23.7 Å². The summed E-state index contributed by atoms with van der Waals surface area (Å²) in [6.45, 7) is 1.83. The number of para-hydroxylation sites is 1. The number of esters is 1. The molecule has 23 heavy (non-hydrogen) atoms. The van der Waals surface area contributed by atoms with E-state index in [4.69, 9.17) is 9.26 Å². The predicted molar refractivity (Wildman–Crippen MR) is 81.7 cm³/mol. The number of nitrogens with one attached hydrogen (secondary N) is 1. The third kappa shape index (κ3) is 3.63. The Balaban J connectivity index is 1.59. The fourth-order valence-corrected chi connectivity index (χ4v) is 2.18. The first-order chi connectivity index (χ1) is 11.1. The predicted octanol–water partition coefficient (Wildman–Crippen LogP) is 1.90. The molecule has 0 saturated heterocycles. The minimum Gasteiger partial charge on any atom is -0.457 e. The molecule has 0 radical (unpaired) electrons. The number of nitrogens with zero attached hydrogens (tertiary/aromatic N) is 2. The number of fused-ring (bicyclic) bond motifs is 1. The van der Waals surface area contributed by atoms with Crippen LogP contribution < -0.4 is 5.56 Å². The smallest absolute Gasteiger partial charge is 0.306 e. The summed E-state index contributed by atoms with van der Waals surface area (Å²) >= 11 is 0. The van der Waals surface area contributed by atoms with Gasteiger partial charge in [0.2, 0.25) is 0 Å². The van der Waals surface area contributed by atoms with Crippen LogP contribution in [0.4, 0.5) is 0 Å². The van der Waals surface area contributed by atoms with Crippen LogP contribution >= 0.6 is 0 Å². The van der Waals surface area contributed by atoms with Crippen LogP contribution in [-0.2, 0) is 22.6 Å². The molecule has 7 heteroatoms. The van der Waals surface area contributed by atoms with Crippen molar-refractivity contribution in [2.24, 2.45) is 0 Å². The molecule has 0 saturated carbocycles. The zero-order chi connectivity index (χ0) is 16.2. The molecule has 1 N–H and O–H groups in total. The molecule has 0 spiro atoms. The summed E-state index contributed by atoms with van der Waals surface area (Å²) in [4.78, 5) is 30.7. The largest absolute Gasteiger partial charge is 0.457 e. The number of benzene rings is 1. The number of aromatic nitrogens is 3. The van der Waals surface area contributed by atoms with Crippen molar-refractivity contribution in [2.75, 3.05) is 0 Å². The molecule has 0 aliphatic heterocycles. The van der Waals surface area contributed by atoms with Gasteiger partial charge in [0.15, 0.2) is 12.4 Å². The van der Waals surface area contributed by atoms with Crippen LogP contribution in [0.5, 0.6) is 0 Å². The summed E-state index contributed by atoms with van der Waals surface area (Å²) in [6, 6.07) is 8.76. The van der Waals surface area contributed by atoms with Crippen molar-refractivity contribution < 1.29 is 14.1 Å². The van der Waals surface area contributed by atoms with Crippen LogP contribution in [0.25, 0.3) is 10.9 Å². The third-order valence-electron chi connectivity index (χ3n) is 3.28. The van der Waals surface area contributed by atoms with Gasteiger partial charge in [-0.2, -0.15) is 0 Å². The van der Waals surface area contributed by atoms with E-state index in [1.807, 2.05) is 6.07 Å². The van der Waals surface area contributed by atoms with Gasteiger partial charge in [-0.15, -0.1) is 0 Å².